The number of thiophene rings is 1. The minimum atomic E-state index is 0.167. The lowest BCUT2D eigenvalue weighted by atomic mass is 9.98. The SMILES string of the molecule is CCC(=O)N1CCC[C@@H](c2nnc(-c3cccs3)o2)C1. The van der Waals surface area contributed by atoms with Crippen LogP contribution in [0.1, 0.15) is 38.0 Å². The molecule has 0 aliphatic carbocycles. The minimum absolute atomic E-state index is 0.167. The fourth-order valence-electron chi connectivity index (χ4n) is 2.53. The molecule has 1 saturated heterocycles. The molecule has 20 heavy (non-hydrogen) atoms. The van der Waals surface area contributed by atoms with Crippen LogP contribution in [0, 0.1) is 0 Å². The van der Waals surface area contributed by atoms with Gasteiger partial charge in [0.05, 0.1) is 10.8 Å². The molecule has 0 spiro atoms. The predicted octanol–water partition coefficient (Wildman–Crippen LogP) is 2.91. The summed E-state index contributed by atoms with van der Waals surface area (Å²) in [7, 11) is 0. The molecule has 0 N–H and O–H groups in total. The number of aromatic nitrogens is 2. The normalized spacial score (nSPS) is 19.2. The Kier molecular flexibility index (Phi) is 3.82. The molecule has 106 valence electrons. The van der Waals surface area contributed by atoms with E-state index in [0.717, 1.165) is 24.3 Å². The summed E-state index contributed by atoms with van der Waals surface area (Å²) in [4.78, 5) is 14.7. The Morgan fingerprint density at radius 1 is 1.55 bits per heavy atom. The first-order valence-corrected chi connectivity index (χ1v) is 7.81. The number of amides is 1. The number of rotatable bonds is 3. The Bertz CT molecular complexity index is 579. The number of nitrogens with zero attached hydrogens (tertiary/aromatic N) is 3. The monoisotopic (exact) mass is 291 g/mol. The Hall–Kier alpha value is -1.69. The van der Waals surface area contributed by atoms with E-state index in [4.69, 9.17) is 4.42 Å². The van der Waals surface area contributed by atoms with Gasteiger partial charge in [-0.05, 0) is 24.3 Å². The summed E-state index contributed by atoms with van der Waals surface area (Å²) < 4.78 is 5.78. The van der Waals surface area contributed by atoms with E-state index in [-0.39, 0.29) is 11.8 Å². The molecule has 2 aromatic rings. The lowest BCUT2D eigenvalue weighted by molar-refractivity contribution is -0.132. The van der Waals surface area contributed by atoms with E-state index in [9.17, 15) is 4.79 Å². The van der Waals surface area contributed by atoms with E-state index in [1.54, 1.807) is 11.3 Å². The van der Waals surface area contributed by atoms with Gasteiger partial charge in [0, 0.05) is 19.5 Å². The number of carbonyl (C=O) groups excluding carboxylic acids is 1. The number of hydrogen-bond donors (Lipinski definition) is 0. The zero-order valence-electron chi connectivity index (χ0n) is 11.4. The third-order valence-electron chi connectivity index (χ3n) is 3.60. The number of likely N-dealkylation sites (tertiary alicyclic amines) is 1. The largest absolute Gasteiger partial charge is 0.420 e. The number of piperidine rings is 1. The van der Waals surface area contributed by atoms with Crippen LogP contribution in [0.4, 0.5) is 0 Å². The van der Waals surface area contributed by atoms with Crippen LogP contribution in [-0.4, -0.2) is 34.1 Å². The predicted molar refractivity (Wildman–Crippen MR) is 76.5 cm³/mol. The van der Waals surface area contributed by atoms with Gasteiger partial charge < -0.3 is 9.32 Å². The van der Waals surface area contributed by atoms with Crippen molar-refractivity contribution in [3.8, 4) is 10.8 Å². The van der Waals surface area contributed by atoms with Crippen molar-refractivity contribution in [2.45, 2.75) is 32.1 Å². The highest BCUT2D eigenvalue weighted by molar-refractivity contribution is 7.13. The van der Waals surface area contributed by atoms with Crippen LogP contribution >= 0.6 is 11.3 Å². The van der Waals surface area contributed by atoms with Crippen molar-refractivity contribution in [2.24, 2.45) is 0 Å². The molecular weight excluding hydrogens is 274 g/mol. The summed E-state index contributed by atoms with van der Waals surface area (Å²) in [6, 6.07) is 3.93. The molecule has 1 fully saturated rings. The molecule has 6 heteroatoms. The zero-order chi connectivity index (χ0) is 13.9. The van der Waals surface area contributed by atoms with Crippen molar-refractivity contribution in [1.82, 2.24) is 15.1 Å². The average Bonchev–Trinajstić information content (AvgIpc) is 3.17. The van der Waals surface area contributed by atoms with Crippen molar-refractivity contribution in [3.63, 3.8) is 0 Å². The van der Waals surface area contributed by atoms with Crippen LogP contribution in [-0.2, 0) is 4.79 Å². The van der Waals surface area contributed by atoms with E-state index in [0.29, 0.717) is 24.7 Å². The van der Waals surface area contributed by atoms with E-state index < -0.39 is 0 Å². The highest BCUT2D eigenvalue weighted by Gasteiger charge is 2.27. The second-order valence-electron chi connectivity index (χ2n) is 4.96. The second-order valence-corrected chi connectivity index (χ2v) is 5.90. The van der Waals surface area contributed by atoms with Gasteiger partial charge in [-0.25, -0.2) is 0 Å². The molecule has 1 atom stereocenters. The molecular formula is C14H17N3O2S. The van der Waals surface area contributed by atoms with Gasteiger partial charge >= 0.3 is 0 Å². The van der Waals surface area contributed by atoms with E-state index in [1.165, 1.54) is 0 Å². The topological polar surface area (TPSA) is 59.2 Å². The first-order valence-electron chi connectivity index (χ1n) is 6.93. The molecule has 0 saturated carbocycles. The lowest BCUT2D eigenvalue weighted by Crippen LogP contribution is -2.38. The third kappa shape index (κ3) is 2.60. The van der Waals surface area contributed by atoms with Crippen molar-refractivity contribution in [3.05, 3.63) is 23.4 Å². The summed E-state index contributed by atoms with van der Waals surface area (Å²) in [5.74, 6) is 1.60. The van der Waals surface area contributed by atoms with Crippen molar-refractivity contribution < 1.29 is 9.21 Å². The fraction of sp³-hybridized carbons (Fsp3) is 0.500. The maximum Gasteiger partial charge on any atom is 0.257 e. The van der Waals surface area contributed by atoms with E-state index in [2.05, 4.69) is 10.2 Å². The van der Waals surface area contributed by atoms with Crippen LogP contribution in [0.3, 0.4) is 0 Å². The molecule has 1 amide bonds. The summed E-state index contributed by atoms with van der Waals surface area (Å²) in [6.45, 7) is 3.43. The first-order chi connectivity index (χ1) is 9.78. The van der Waals surface area contributed by atoms with E-state index in [1.807, 2.05) is 29.3 Å². The summed E-state index contributed by atoms with van der Waals surface area (Å²) in [5, 5.41) is 10.3. The molecule has 0 radical (unpaired) electrons. The molecule has 0 bridgehead atoms. The van der Waals surface area contributed by atoms with Crippen LogP contribution in [0.25, 0.3) is 10.8 Å². The Morgan fingerprint density at radius 3 is 3.20 bits per heavy atom. The van der Waals surface area contributed by atoms with Crippen LogP contribution in [0.2, 0.25) is 0 Å². The van der Waals surface area contributed by atoms with Gasteiger partial charge in [0.1, 0.15) is 0 Å². The van der Waals surface area contributed by atoms with Gasteiger partial charge in [0.15, 0.2) is 0 Å². The highest BCUT2D eigenvalue weighted by atomic mass is 32.1. The fourth-order valence-corrected chi connectivity index (χ4v) is 3.17. The van der Waals surface area contributed by atoms with Gasteiger partial charge in [-0.3, -0.25) is 4.79 Å². The van der Waals surface area contributed by atoms with Gasteiger partial charge in [-0.15, -0.1) is 21.5 Å². The quantitative estimate of drug-likeness (QED) is 0.872. The lowest BCUT2D eigenvalue weighted by Gasteiger charge is -2.30. The maximum atomic E-state index is 11.8. The van der Waals surface area contributed by atoms with Gasteiger partial charge in [0.25, 0.3) is 5.89 Å². The molecule has 3 heterocycles. The first kappa shape index (κ1) is 13.3. The van der Waals surface area contributed by atoms with Crippen molar-refractivity contribution >= 4 is 17.2 Å². The molecule has 2 aromatic heterocycles. The Morgan fingerprint density at radius 2 is 2.45 bits per heavy atom. The smallest absolute Gasteiger partial charge is 0.257 e. The summed E-state index contributed by atoms with van der Waals surface area (Å²) in [5.41, 5.74) is 0. The van der Waals surface area contributed by atoms with Gasteiger partial charge in [-0.1, -0.05) is 13.0 Å². The molecule has 0 unspecified atom stereocenters. The number of carbonyl (C=O) groups is 1. The van der Waals surface area contributed by atoms with Crippen LogP contribution in [0.5, 0.6) is 0 Å². The number of hydrogen-bond acceptors (Lipinski definition) is 5. The molecule has 1 aliphatic rings. The Labute approximate surface area is 121 Å². The second kappa shape index (κ2) is 5.75. The average molecular weight is 291 g/mol. The summed E-state index contributed by atoms with van der Waals surface area (Å²) >= 11 is 1.58. The van der Waals surface area contributed by atoms with Crippen LogP contribution in [0.15, 0.2) is 21.9 Å². The Balaban J connectivity index is 1.74. The maximum absolute atomic E-state index is 11.8. The molecule has 3 rings (SSSR count). The van der Waals surface area contributed by atoms with Crippen LogP contribution < -0.4 is 0 Å². The van der Waals surface area contributed by atoms with Gasteiger partial charge in [0.2, 0.25) is 11.8 Å². The summed E-state index contributed by atoms with van der Waals surface area (Å²) in [6.07, 6.45) is 2.55. The molecule has 1 aliphatic heterocycles. The van der Waals surface area contributed by atoms with Crippen molar-refractivity contribution in [2.75, 3.05) is 13.1 Å². The van der Waals surface area contributed by atoms with Crippen molar-refractivity contribution in [1.29, 1.82) is 0 Å². The minimum Gasteiger partial charge on any atom is -0.420 e. The van der Waals surface area contributed by atoms with Gasteiger partial charge in [-0.2, -0.15) is 0 Å². The zero-order valence-corrected chi connectivity index (χ0v) is 12.2. The third-order valence-corrected chi connectivity index (χ3v) is 4.46. The standard InChI is InChI=1S/C14H17N3O2S/c1-2-12(18)17-7-3-5-10(9-17)13-15-16-14(19-13)11-6-4-8-20-11/h4,6,8,10H,2-3,5,7,9H2,1H3/t10-/m1/s1. The molecule has 0 aromatic carbocycles. The molecule has 5 nitrogen and oxygen atoms in total. The van der Waals surface area contributed by atoms with E-state index >= 15 is 0 Å². The highest BCUT2D eigenvalue weighted by Crippen LogP contribution is 2.30.